The van der Waals surface area contributed by atoms with E-state index in [0.717, 1.165) is 27.6 Å². The van der Waals surface area contributed by atoms with Crippen molar-refractivity contribution in [1.82, 2.24) is 5.32 Å². The molecule has 0 aliphatic rings. The third-order valence-electron chi connectivity index (χ3n) is 3.55. The molecule has 0 radical (unpaired) electrons. The van der Waals surface area contributed by atoms with Crippen LogP contribution in [0.2, 0.25) is 5.02 Å². The maximum atomic E-state index is 6.05. The summed E-state index contributed by atoms with van der Waals surface area (Å²) in [6, 6.07) is 13.7. The van der Waals surface area contributed by atoms with E-state index in [1.165, 1.54) is 0 Å². The van der Waals surface area contributed by atoms with Crippen LogP contribution in [0.3, 0.4) is 0 Å². The van der Waals surface area contributed by atoms with Crippen LogP contribution in [0.15, 0.2) is 42.5 Å². The van der Waals surface area contributed by atoms with Gasteiger partial charge in [-0.3, -0.25) is 0 Å². The molecule has 5 heteroatoms. The van der Waals surface area contributed by atoms with Crippen molar-refractivity contribution in [1.29, 1.82) is 0 Å². The SMILES string of the molecule is COCOc1ccc(OC)cc1CN[C@H](C)c1cccc(Cl)c1. The fourth-order valence-corrected chi connectivity index (χ4v) is 2.44. The van der Waals surface area contributed by atoms with Crippen molar-refractivity contribution < 1.29 is 14.2 Å². The molecule has 1 atom stereocenters. The van der Waals surface area contributed by atoms with Crippen LogP contribution in [0.1, 0.15) is 24.1 Å². The summed E-state index contributed by atoms with van der Waals surface area (Å²) in [5.41, 5.74) is 2.15. The molecule has 0 spiro atoms. The monoisotopic (exact) mass is 335 g/mol. The van der Waals surface area contributed by atoms with Crippen molar-refractivity contribution in [3.8, 4) is 11.5 Å². The first-order chi connectivity index (χ1) is 11.1. The summed E-state index contributed by atoms with van der Waals surface area (Å²) in [7, 11) is 3.25. The molecule has 0 fully saturated rings. The summed E-state index contributed by atoms with van der Waals surface area (Å²) in [5.74, 6) is 1.57. The van der Waals surface area contributed by atoms with Crippen LogP contribution >= 0.6 is 11.6 Å². The lowest BCUT2D eigenvalue weighted by Crippen LogP contribution is -2.18. The molecular weight excluding hydrogens is 314 g/mol. The van der Waals surface area contributed by atoms with E-state index in [-0.39, 0.29) is 12.8 Å². The Balaban J connectivity index is 2.08. The van der Waals surface area contributed by atoms with Gasteiger partial charge in [-0.1, -0.05) is 23.7 Å². The largest absolute Gasteiger partial charge is 0.497 e. The fraction of sp³-hybridized carbons (Fsp3) is 0.333. The highest BCUT2D eigenvalue weighted by Crippen LogP contribution is 2.25. The van der Waals surface area contributed by atoms with E-state index >= 15 is 0 Å². The fourth-order valence-electron chi connectivity index (χ4n) is 2.24. The van der Waals surface area contributed by atoms with Crippen molar-refractivity contribution >= 4 is 11.6 Å². The molecular formula is C18H22ClNO3. The van der Waals surface area contributed by atoms with Gasteiger partial charge in [0.05, 0.1) is 7.11 Å². The standard InChI is InChI=1S/C18H22ClNO3/c1-13(14-5-4-6-16(19)9-14)20-11-15-10-17(22-3)7-8-18(15)23-12-21-2/h4-10,13,20H,11-12H2,1-3H3/t13-/m1/s1. The van der Waals surface area contributed by atoms with Crippen molar-refractivity contribution in [3.05, 3.63) is 58.6 Å². The van der Waals surface area contributed by atoms with Gasteiger partial charge < -0.3 is 19.5 Å². The molecule has 4 nitrogen and oxygen atoms in total. The van der Waals surface area contributed by atoms with Gasteiger partial charge in [-0.15, -0.1) is 0 Å². The number of hydrogen-bond acceptors (Lipinski definition) is 4. The Kier molecular flexibility index (Phi) is 6.71. The highest BCUT2D eigenvalue weighted by atomic mass is 35.5. The number of benzene rings is 2. The molecule has 124 valence electrons. The Labute approximate surface area is 142 Å². The minimum Gasteiger partial charge on any atom is -0.497 e. The predicted molar refractivity (Wildman–Crippen MR) is 92.2 cm³/mol. The molecule has 2 aromatic carbocycles. The van der Waals surface area contributed by atoms with Crippen LogP contribution in [0.25, 0.3) is 0 Å². The van der Waals surface area contributed by atoms with Crippen LogP contribution in [-0.2, 0) is 11.3 Å². The van der Waals surface area contributed by atoms with Crippen LogP contribution in [0.4, 0.5) is 0 Å². The number of rotatable bonds is 8. The first-order valence-electron chi connectivity index (χ1n) is 7.41. The second-order valence-electron chi connectivity index (χ2n) is 5.18. The van der Waals surface area contributed by atoms with Crippen LogP contribution in [-0.4, -0.2) is 21.0 Å². The highest BCUT2D eigenvalue weighted by molar-refractivity contribution is 6.30. The van der Waals surface area contributed by atoms with Gasteiger partial charge in [0.15, 0.2) is 6.79 Å². The van der Waals surface area contributed by atoms with Gasteiger partial charge in [-0.25, -0.2) is 0 Å². The van der Waals surface area contributed by atoms with E-state index in [1.807, 2.05) is 36.4 Å². The Hall–Kier alpha value is -1.75. The van der Waals surface area contributed by atoms with E-state index in [2.05, 4.69) is 18.3 Å². The van der Waals surface area contributed by atoms with E-state index < -0.39 is 0 Å². The minimum absolute atomic E-state index is 0.162. The molecule has 0 saturated carbocycles. The summed E-state index contributed by atoms with van der Waals surface area (Å²) in [6.07, 6.45) is 0. The number of nitrogens with one attached hydrogen (secondary N) is 1. The second kappa shape index (κ2) is 8.77. The molecule has 0 unspecified atom stereocenters. The Morgan fingerprint density at radius 2 is 1.96 bits per heavy atom. The van der Waals surface area contributed by atoms with Gasteiger partial charge in [0.2, 0.25) is 0 Å². The highest BCUT2D eigenvalue weighted by Gasteiger charge is 2.10. The molecule has 23 heavy (non-hydrogen) atoms. The summed E-state index contributed by atoms with van der Waals surface area (Å²) in [4.78, 5) is 0. The van der Waals surface area contributed by atoms with Crippen LogP contribution < -0.4 is 14.8 Å². The zero-order valence-electron chi connectivity index (χ0n) is 13.6. The lowest BCUT2D eigenvalue weighted by molar-refractivity contribution is 0.0503. The number of ether oxygens (including phenoxy) is 3. The van der Waals surface area contributed by atoms with E-state index in [0.29, 0.717) is 6.54 Å². The van der Waals surface area contributed by atoms with Crippen LogP contribution in [0.5, 0.6) is 11.5 Å². The summed E-state index contributed by atoms with van der Waals surface area (Å²) < 4.78 is 15.9. The first kappa shape index (κ1) is 17.6. The summed E-state index contributed by atoms with van der Waals surface area (Å²) in [6.45, 7) is 2.95. The average molecular weight is 336 g/mol. The van der Waals surface area contributed by atoms with Gasteiger partial charge in [-0.2, -0.15) is 0 Å². The first-order valence-corrected chi connectivity index (χ1v) is 7.79. The van der Waals surface area contributed by atoms with E-state index in [1.54, 1.807) is 14.2 Å². The quantitative estimate of drug-likeness (QED) is 0.734. The molecule has 0 aliphatic carbocycles. The van der Waals surface area contributed by atoms with Gasteiger partial charge in [0.25, 0.3) is 0 Å². The van der Waals surface area contributed by atoms with Crippen molar-refractivity contribution in [2.24, 2.45) is 0 Å². The predicted octanol–water partition coefficient (Wildman–Crippen LogP) is 4.18. The lowest BCUT2D eigenvalue weighted by Gasteiger charge is -2.17. The third kappa shape index (κ3) is 5.13. The Morgan fingerprint density at radius 1 is 1.13 bits per heavy atom. The van der Waals surface area contributed by atoms with Crippen molar-refractivity contribution in [2.75, 3.05) is 21.0 Å². The summed E-state index contributed by atoms with van der Waals surface area (Å²) >= 11 is 6.05. The van der Waals surface area contributed by atoms with E-state index in [9.17, 15) is 0 Å². The molecule has 1 N–H and O–H groups in total. The molecule has 0 saturated heterocycles. The topological polar surface area (TPSA) is 39.7 Å². The van der Waals surface area contributed by atoms with Crippen molar-refractivity contribution in [2.45, 2.75) is 19.5 Å². The zero-order valence-corrected chi connectivity index (χ0v) is 14.4. The smallest absolute Gasteiger partial charge is 0.188 e. The minimum atomic E-state index is 0.162. The van der Waals surface area contributed by atoms with Gasteiger partial charge in [-0.05, 0) is 42.8 Å². The molecule has 0 amide bonds. The number of hydrogen-bond donors (Lipinski definition) is 1. The molecule has 0 heterocycles. The molecule has 0 aliphatic heterocycles. The number of methoxy groups -OCH3 is 2. The van der Waals surface area contributed by atoms with Gasteiger partial charge in [0, 0.05) is 30.3 Å². The van der Waals surface area contributed by atoms with Crippen molar-refractivity contribution in [3.63, 3.8) is 0 Å². The van der Waals surface area contributed by atoms with Gasteiger partial charge >= 0.3 is 0 Å². The average Bonchev–Trinajstić information content (AvgIpc) is 2.58. The molecule has 2 rings (SSSR count). The number of halogens is 1. The maximum Gasteiger partial charge on any atom is 0.188 e. The molecule has 0 aromatic heterocycles. The molecule has 0 bridgehead atoms. The second-order valence-corrected chi connectivity index (χ2v) is 5.62. The van der Waals surface area contributed by atoms with Gasteiger partial charge in [0.1, 0.15) is 11.5 Å². The maximum absolute atomic E-state index is 6.05. The third-order valence-corrected chi connectivity index (χ3v) is 3.78. The Morgan fingerprint density at radius 3 is 2.65 bits per heavy atom. The lowest BCUT2D eigenvalue weighted by atomic mass is 10.1. The summed E-state index contributed by atoms with van der Waals surface area (Å²) in [5, 5.41) is 4.21. The van der Waals surface area contributed by atoms with E-state index in [4.69, 9.17) is 25.8 Å². The zero-order chi connectivity index (χ0) is 16.7. The normalized spacial score (nSPS) is 12.0. The Bertz CT molecular complexity index is 633. The van der Waals surface area contributed by atoms with Crippen LogP contribution in [0, 0.1) is 0 Å². The molecule has 2 aromatic rings.